The molecule has 0 bridgehead atoms. The predicted octanol–water partition coefficient (Wildman–Crippen LogP) is 1.90. The van der Waals surface area contributed by atoms with E-state index in [1.165, 1.54) is 0 Å². The summed E-state index contributed by atoms with van der Waals surface area (Å²) in [7, 11) is 0. The van der Waals surface area contributed by atoms with Gasteiger partial charge in [0.15, 0.2) is 5.96 Å². The summed E-state index contributed by atoms with van der Waals surface area (Å²) < 4.78 is 5.60. The van der Waals surface area contributed by atoms with Crippen molar-refractivity contribution in [1.82, 2.24) is 10.6 Å². The average Bonchev–Trinajstić information content (AvgIpc) is 3.00. The van der Waals surface area contributed by atoms with Gasteiger partial charge in [-0.2, -0.15) is 0 Å². The number of hydrogen-bond acceptors (Lipinski definition) is 3. The van der Waals surface area contributed by atoms with Crippen LogP contribution in [0.4, 0.5) is 0 Å². The molecule has 1 aromatic rings. The van der Waals surface area contributed by atoms with Gasteiger partial charge in [0.2, 0.25) is 0 Å². The maximum atomic E-state index is 9.40. The number of nitrogens with zero attached hydrogens (tertiary/aromatic N) is 1. The first kappa shape index (κ1) is 19.2. The van der Waals surface area contributed by atoms with Crippen LogP contribution in [0.1, 0.15) is 25.3 Å². The molecule has 1 aromatic carbocycles. The van der Waals surface area contributed by atoms with Gasteiger partial charge in [-0.1, -0.05) is 30.3 Å². The number of guanidine groups is 1. The van der Waals surface area contributed by atoms with E-state index in [1.807, 2.05) is 18.2 Å². The van der Waals surface area contributed by atoms with E-state index >= 15 is 0 Å². The lowest BCUT2D eigenvalue weighted by molar-refractivity contribution is 0.113. The normalized spacial score (nSPS) is 19.4. The molecule has 2 atom stereocenters. The minimum Gasteiger partial charge on any atom is -0.392 e. The van der Waals surface area contributed by atoms with E-state index in [0.717, 1.165) is 37.5 Å². The summed E-state index contributed by atoms with van der Waals surface area (Å²) in [5, 5.41) is 15.8. The van der Waals surface area contributed by atoms with E-state index in [-0.39, 0.29) is 30.1 Å². The summed E-state index contributed by atoms with van der Waals surface area (Å²) in [6, 6.07) is 10.1. The number of aliphatic hydroxyl groups is 1. The topological polar surface area (TPSA) is 65.9 Å². The fourth-order valence-electron chi connectivity index (χ4n) is 2.19. The third-order valence-electron chi connectivity index (χ3n) is 3.35. The molecule has 1 saturated heterocycles. The lowest BCUT2D eigenvalue weighted by atomic mass is 10.2. The molecule has 0 aliphatic carbocycles. The molecule has 1 heterocycles. The number of nitrogens with one attached hydrogen (secondary N) is 2. The molecule has 1 fully saturated rings. The first-order chi connectivity index (χ1) is 10.2. The van der Waals surface area contributed by atoms with Gasteiger partial charge < -0.3 is 20.5 Å². The smallest absolute Gasteiger partial charge is 0.191 e. The van der Waals surface area contributed by atoms with Crippen LogP contribution in [0.3, 0.4) is 0 Å². The maximum Gasteiger partial charge on any atom is 0.191 e. The molecular weight excluding hydrogens is 393 g/mol. The molecule has 2 rings (SSSR count). The van der Waals surface area contributed by atoms with Crippen LogP contribution in [0.15, 0.2) is 35.3 Å². The Kier molecular flexibility index (Phi) is 9.42. The quantitative estimate of drug-likeness (QED) is 0.375. The van der Waals surface area contributed by atoms with Crippen LogP contribution >= 0.6 is 24.0 Å². The van der Waals surface area contributed by atoms with E-state index in [0.29, 0.717) is 13.1 Å². The molecule has 0 radical (unpaired) electrons. The molecule has 3 N–H and O–H groups in total. The van der Waals surface area contributed by atoms with Crippen LogP contribution in [-0.4, -0.2) is 43.0 Å². The molecule has 2 unspecified atom stereocenters. The van der Waals surface area contributed by atoms with Crippen molar-refractivity contribution in [2.75, 3.05) is 19.7 Å². The van der Waals surface area contributed by atoms with Crippen LogP contribution in [0, 0.1) is 0 Å². The number of benzene rings is 1. The lowest BCUT2D eigenvalue weighted by Gasteiger charge is -2.16. The van der Waals surface area contributed by atoms with E-state index in [9.17, 15) is 5.11 Å². The van der Waals surface area contributed by atoms with Crippen LogP contribution in [-0.2, 0) is 11.3 Å². The van der Waals surface area contributed by atoms with Crippen LogP contribution < -0.4 is 10.6 Å². The Morgan fingerprint density at radius 1 is 1.36 bits per heavy atom. The summed E-state index contributed by atoms with van der Waals surface area (Å²) >= 11 is 0. The zero-order chi connectivity index (χ0) is 14.9. The molecule has 124 valence electrons. The highest BCUT2D eigenvalue weighted by molar-refractivity contribution is 14.0. The van der Waals surface area contributed by atoms with Gasteiger partial charge in [0.1, 0.15) is 0 Å². The molecule has 0 aromatic heterocycles. The second-order valence-corrected chi connectivity index (χ2v) is 5.40. The van der Waals surface area contributed by atoms with Crippen LogP contribution in [0.2, 0.25) is 0 Å². The van der Waals surface area contributed by atoms with Crippen molar-refractivity contribution < 1.29 is 9.84 Å². The van der Waals surface area contributed by atoms with E-state index in [4.69, 9.17) is 4.74 Å². The van der Waals surface area contributed by atoms with Gasteiger partial charge in [-0.05, 0) is 25.3 Å². The Balaban J connectivity index is 0.00000242. The minimum atomic E-state index is -0.406. The second-order valence-electron chi connectivity index (χ2n) is 5.40. The molecule has 22 heavy (non-hydrogen) atoms. The zero-order valence-corrected chi connectivity index (χ0v) is 15.3. The largest absolute Gasteiger partial charge is 0.392 e. The van der Waals surface area contributed by atoms with Crippen molar-refractivity contribution in [3.8, 4) is 0 Å². The zero-order valence-electron chi connectivity index (χ0n) is 13.0. The van der Waals surface area contributed by atoms with Gasteiger partial charge in [-0.3, -0.25) is 0 Å². The Hall–Kier alpha value is -0.860. The molecule has 0 spiro atoms. The molecule has 1 aliphatic rings. The number of hydrogen-bond donors (Lipinski definition) is 3. The van der Waals surface area contributed by atoms with Crippen molar-refractivity contribution in [2.24, 2.45) is 4.99 Å². The minimum absolute atomic E-state index is 0. The van der Waals surface area contributed by atoms with Crippen molar-refractivity contribution in [3.63, 3.8) is 0 Å². The van der Waals surface area contributed by atoms with Crippen LogP contribution in [0.25, 0.3) is 0 Å². The number of rotatable bonds is 6. The highest BCUT2D eigenvalue weighted by Gasteiger charge is 2.15. The third kappa shape index (κ3) is 7.42. The van der Waals surface area contributed by atoms with Gasteiger partial charge in [-0.25, -0.2) is 4.99 Å². The summed E-state index contributed by atoms with van der Waals surface area (Å²) in [5.74, 6) is 0.718. The number of aliphatic imine (C=N–C) groups is 1. The van der Waals surface area contributed by atoms with Gasteiger partial charge >= 0.3 is 0 Å². The fraction of sp³-hybridized carbons (Fsp3) is 0.562. The average molecular weight is 419 g/mol. The van der Waals surface area contributed by atoms with Crippen molar-refractivity contribution in [3.05, 3.63) is 35.9 Å². The summed E-state index contributed by atoms with van der Waals surface area (Å²) in [5.41, 5.74) is 1.16. The highest BCUT2D eigenvalue weighted by Crippen LogP contribution is 2.10. The van der Waals surface area contributed by atoms with E-state index in [1.54, 1.807) is 6.92 Å². The molecule has 0 amide bonds. The first-order valence-electron chi connectivity index (χ1n) is 7.60. The first-order valence-corrected chi connectivity index (χ1v) is 7.60. The van der Waals surface area contributed by atoms with E-state index < -0.39 is 6.10 Å². The summed E-state index contributed by atoms with van der Waals surface area (Å²) in [4.78, 5) is 4.55. The number of halogens is 1. The molecular formula is C16H26IN3O2. The van der Waals surface area contributed by atoms with Gasteiger partial charge in [0.05, 0.1) is 18.8 Å². The molecule has 1 aliphatic heterocycles. The Bertz CT molecular complexity index is 434. The molecule has 6 heteroatoms. The molecule has 0 saturated carbocycles. The Labute approximate surface area is 149 Å². The van der Waals surface area contributed by atoms with Gasteiger partial charge in [-0.15, -0.1) is 24.0 Å². The summed E-state index contributed by atoms with van der Waals surface area (Å²) in [6.45, 7) is 4.44. The van der Waals surface area contributed by atoms with Crippen molar-refractivity contribution in [1.29, 1.82) is 0 Å². The summed E-state index contributed by atoms with van der Waals surface area (Å²) in [6.07, 6.45) is 2.08. The van der Waals surface area contributed by atoms with Gasteiger partial charge in [0.25, 0.3) is 0 Å². The maximum absolute atomic E-state index is 9.40. The fourth-order valence-corrected chi connectivity index (χ4v) is 2.19. The monoisotopic (exact) mass is 419 g/mol. The third-order valence-corrected chi connectivity index (χ3v) is 3.35. The lowest BCUT2D eigenvalue weighted by Crippen LogP contribution is -2.43. The van der Waals surface area contributed by atoms with Crippen LogP contribution in [0.5, 0.6) is 0 Å². The van der Waals surface area contributed by atoms with Crippen molar-refractivity contribution >= 4 is 29.9 Å². The SMILES string of the molecule is CC(O)CNC(=NCc1ccccc1)NCC1CCCO1.I. The Morgan fingerprint density at radius 3 is 2.77 bits per heavy atom. The second kappa shape index (κ2) is 10.8. The van der Waals surface area contributed by atoms with Gasteiger partial charge in [0, 0.05) is 19.7 Å². The number of ether oxygens (including phenoxy) is 1. The highest BCUT2D eigenvalue weighted by atomic mass is 127. The Morgan fingerprint density at radius 2 is 2.14 bits per heavy atom. The predicted molar refractivity (Wildman–Crippen MR) is 99.7 cm³/mol. The van der Waals surface area contributed by atoms with E-state index in [2.05, 4.69) is 27.8 Å². The standard InChI is InChI=1S/C16H25N3O2.HI/c1-13(20)10-17-16(19-12-15-8-5-9-21-15)18-11-14-6-3-2-4-7-14;/h2-4,6-7,13,15,20H,5,8-12H2,1H3,(H2,17,18,19);1H. The molecule has 5 nitrogen and oxygen atoms in total. The van der Waals surface area contributed by atoms with Crippen molar-refractivity contribution in [2.45, 2.75) is 38.5 Å². The number of aliphatic hydroxyl groups excluding tert-OH is 1.